The number of aliphatic imine (C=N–C) groups is 1. The van der Waals surface area contributed by atoms with Crippen LogP contribution in [-0.4, -0.2) is 29.8 Å². The number of guanidine groups is 1. The van der Waals surface area contributed by atoms with Gasteiger partial charge in [0.15, 0.2) is 5.96 Å². The van der Waals surface area contributed by atoms with Crippen molar-refractivity contribution in [3.8, 4) is 5.75 Å². The van der Waals surface area contributed by atoms with Crippen LogP contribution in [0.5, 0.6) is 5.75 Å². The highest BCUT2D eigenvalue weighted by atomic mass is 127. The number of benzene rings is 2. The van der Waals surface area contributed by atoms with Crippen molar-refractivity contribution in [3.05, 3.63) is 65.7 Å². The Morgan fingerprint density at radius 3 is 2.34 bits per heavy atom. The lowest BCUT2D eigenvalue weighted by molar-refractivity contribution is 0.120. The summed E-state index contributed by atoms with van der Waals surface area (Å²) in [4.78, 5) is 4.79. The molecule has 0 bridgehead atoms. The smallest absolute Gasteiger partial charge is 0.191 e. The topological polar surface area (TPSA) is 65.9 Å². The molecule has 3 rings (SSSR count). The van der Waals surface area contributed by atoms with Crippen molar-refractivity contribution in [1.29, 1.82) is 0 Å². The number of nitrogens with one attached hydrogen (secondary N) is 2. The van der Waals surface area contributed by atoms with E-state index in [4.69, 9.17) is 9.73 Å². The Bertz CT molecular complexity index is 747. The molecule has 5 nitrogen and oxygen atoms in total. The Labute approximate surface area is 191 Å². The summed E-state index contributed by atoms with van der Waals surface area (Å²) in [6, 6.07) is 18.5. The Kier molecular flexibility index (Phi) is 10.3. The normalized spacial score (nSPS) is 19.2. The van der Waals surface area contributed by atoms with Crippen LogP contribution in [-0.2, 0) is 13.2 Å². The van der Waals surface area contributed by atoms with E-state index in [0.29, 0.717) is 19.2 Å². The van der Waals surface area contributed by atoms with Gasteiger partial charge in [0.05, 0.1) is 12.6 Å². The Morgan fingerprint density at radius 1 is 1.00 bits per heavy atom. The van der Waals surface area contributed by atoms with Crippen molar-refractivity contribution in [1.82, 2.24) is 10.6 Å². The first kappa shape index (κ1) is 23.5. The van der Waals surface area contributed by atoms with Gasteiger partial charge in [0, 0.05) is 12.6 Å². The maximum atomic E-state index is 9.69. The molecule has 158 valence electrons. The van der Waals surface area contributed by atoms with Gasteiger partial charge in [0.25, 0.3) is 0 Å². The minimum atomic E-state index is -0.144. The van der Waals surface area contributed by atoms with E-state index in [2.05, 4.69) is 29.7 Å². The molecule has 0 saturated heterocycles. The number of rotatable bonds is 7. The van der Waals surface area contributed by atoms with Gasteiger partial charge in [-0.3, -0.25) is 0 Å². The number of aliphatic hydroxyl groups is 1. The highest BCUT2D eigenvalue weighted by molar-refractivity contribution is 14.0. The molecule has 2 aromatic rings. The van der Waals surface area contributed by atoms with Crippen LogP contribution in [0.4, 0.5) is 0 Å². The highest BCUT2D eigenvalue weighted by Crippen LogP contribution is 2.18. The largest absolute Gasteiger partial charge is 0.489 e. The Morgan fingerprint density at radius 2 is 1.66 bits per heavy atom. The van der Waals surface area contributed by atoms with E-state index in [1.54, 1.807) is 0 Å². The van der Waals surface area contributed by atoms with Gasteiger partial charge in [-0.05, 0) is 55.9 Å². The molecule has 0 heterocycles. The van der Waals surface area contributed by atoms with E-state index >= 15 is 0 Å². The van der Waals surface area contributed by atoms with E-state index in [1.165, 1.54) is 0 Å². The zero-order chi connectivity index (χ0) is 19.6. The van der Waals surface area contributed by atoms with Crippen LogP contribution in [0, 0.1) is 0 Å². The molecule has 0 spiro atoms. The van der Waals surface area contributed by atoms with E-state index in [9.17, 15) is 5.11 Å². The number of nitrogens with zero attached hydrogens (tertiary/aromatic N) is 1. The molecule has 2 aromatic carbocycles. The number of halogens is 1. The van der Waals surface area contributed by atoms with Gasteiger partial charge >= 0.3 is 0 Å². The quantitative estimate of drug-likeness (QED) is 0.297. The van der Waals surface area contributed by atoms with Crippen molar-refractivity contribution in [3.63, 3.8) is 0 Å². The Hall–Kier alpha value is -1.80. The van der Waals surface area contributed by atoms with Gasteiger partial charge in [-0.2, -0.15) is 0 Å². The van der Waals surface area contributed by atoms with Crippen molar-refractivity contribution < 1.29 is 9.84 Å². The average molecular weight is 509 g/mol. The lowest BCUT2D eigenvalue weighted by atomic mass is 9.93. The van der Waals surface area contributed by atoms with Crippen molar-refractivity contribution in [2.75, 3.05) is 6.54 Å². The first-order valence-corrected chi connectivity index (χ1v) is 10.2. The third kappa shape index (κ3) is 7.85. The van der Waals surface area contributed by atoms with Crippen LogP contribution in [0.15, 0.2) is 59.6 Å². The number of hydrogen-bond acceptors (Lipinski definition) is 3. The van der Waals surface area contributed by atoms with E-state index in [1.807, 2.05) is 42.5 Å². The molecule has 0 radical (unpaired) electrons. The molecule has 1 saturated carbocycles. The molecule has 0 atom stereocenters. The van der Waals surface area contributed by atoms with Crippen LogP contribution >= 0.6 is 24.0 Å². The number of aliphatic hydroxyl groups excluding tert-OH is 1. The first-order chi connectivity index (χ1) is 13.7. The second kappa shape index (κ2) is 12.7. The van der Waals surface area contributed by atoms with Gasteiger partial charge in [-0.1, -0.05) is 42.5 Å². The molecular formula is C23H32IN3O2. The summed E-state index contributed by atoms with van der Waals surface area (Å²) in [7, 11) is 0. The third-order valence-corrected chi connectivity index (χ3v) is 5.05. The highest BCUT2D eigenvalue weighted by Gasteiger charge is 2.20. The summed E-state index contributed by atoms with van der Waals surface area (Å²) >= 11 is 0. The standard InChI is InChI=1S/C23H31N3O2.HI/c1-2-24-23(26-20-12-14-21(27)15-13-20)25-16-18-8-6-7-9-19(18)17-28-22-10-4-3-5-11-22;/h3-11,20-21,27H,2,12-17H2,1H3,(H2,24,25,26);1H. The molecule has 3 N–H and O–H groups in total. The maximum absolute atomic E-state index is 9.69. The van der Waals surface area contributed by atoms with Crippen LogP contribution in [0.2, 0.25) is 0 Å². The van der Waals surface area contributed by atoms with Crippen LogP contribution in [0.3, 0.4) is 0 Å². The van der Waals surface area contributed by atoms with Gasteiger partial charge < -0.3 is 20.5 Å². The summed E-state index contributed by atoms with van der Waals surface area (Å²) < 4.78 is 5.92. The van der Waals surface area contributed by atoms with E-state index < -0.39 is 0 Å². The third-order valence-electron chi connectivity index (χ3n) is 5.05. The van der Waals surface area contributed by atoms with Gasteiger partial charge in [0.2, 0.25) is 0 Å². The molecular weight excluding hydrogens is 477 g/mol. The van der Waals surface area contributed by atoms with Gasteiger partial charge in [-0.25, -0.2) is 4.99 Å². The molecule has 29 heavy (non-hydrogen) atoms. The Balaban J connectivity index is 0.00000300. The zero-order valence-corrected chi connectivity index (χ0v) is 19.3. The SMILES string of the molecule is CCNC(=NCc1ccccc1COc1ccccc1)NC1CCC(O)CC1.I. The molecule has 0 aliphatic heterocycles. The van der Waals surface area contributed by atoms with Crippen LogP contribution in [0.25, 0.3) is 0 Å². The second-order valence-corrected chi connectivity index (χ2v) is 7.22. The minimum Gasteiger partial charge on any atom is -0.489 e. The number of ether oxygens (including phenoxy) is 1. The van der Waals surface area contributed by atoms with E-state index in [0.717, 1.165) is 55.1 Å². The summed E-state index contributed by atoms with van der Waals surface area (Å²) in [6.07, 6.45) is 3.53. The molecule has 0 amide bonds. The fraction of sp³-hybridized carbons (Fsp3) is 0.435. The summed E-state index contributed by atoms with van der Waals surface area (Å²) in [6.45, 7) is 4.02. The molecule has 0 unspecified atom stereocenters. The lowest BCUT2D eigenvalue weighted by Gasteiger charge is -2.27. The number of para-hydroxylation sites is 1. The summed E-state index contributed by atoms with van der Waals surface area (Å²) in [5, 5.41) is 16.5. The lowest BCUT2D eigenvalue weighted by Crippen LogP contribution is -2.45. The minimum absolute atomic E-state index is 0. The zero-order valence-electron chi connectivity index (χ0n) is 17.0. The molecule has 1 fully saturated rings. The fourth-order valence-corrected chi connectivity index (χ4v) is 3.43. The number of hydrogen-bond donors (Lipinski definition) is 3. The second-order valence-electron chi connectivity index (χ2n) is 7.22. The molecule has 1 aliphatic rings. The monoisotopic (exact) mass is 509 g/mol. The van der Waals surface area contributed by atoms with Gasteiger partial charge in [-0.15, -0.1) is 24.0 Å². The van der Waals surface area contributed by atoms with E-state index in [-0.39, 0.29) is 30.1 Å². The van der Waals surface area contributed by atoms with Crippen LogP contribution in [0.1, 0.15) is 43.7 Å². The van der Waals surface area contributed by atoms with Crippen molar-refractivity contribution >= 4 is 29.9 Å². The first-order valence-electron chi connectivity index (χ1n) is 10.2. The molecule has 6 heteroatoms. The average Bonchev–Trinajstić information content (AvgIpc) is 2.73. The predicted octanol–water partition coefficient (Wildman–Crippen LogP) is 4.24. The predicted molar refractivity (Wildman–Crippen MR) is 129 cm³/mol. The maximum Gasteiger partial charge on any atom is 0.191 e. The van der Waals surface area contributed by atoms with Crippen LogP contribution < -0.4 is 15.4 Å². The fourth-order valence-electron chi connectivity index (χ4n) is 3.43. The summed E-state index contributed by atoms with van der Waals surface area (Å²) in [5.41, 5.74) is 2.31. The molecule has 0 aromatic heterocycles. The summed E-state index contributed by atoms with van der Waals surface area (Å²) in [5.74, 6) is 1.71. The molecule has 1 aliphatic carbocycles. The van der Waals surface area contributed by atoms with Crippen molar-refractivity contribution in [2.24, 2.45) is 4.99 Å². The van der Waals surface area contributed by atoms with Gasteiger partial charge in [0.1, 0.15) is 12.4 Å². The van der Waals surface area contributed by atoms with Crippen molar-refractivity contribution in [2.45, 2.75) is 57.9 Å².